The van der Waals surface area contributed by atoms with Gasteiger partial charge in [0.05, 0.1) is 34.9 Å². The second-order valence-corrected chi connectivity index (χ2v) is 10.7. The van der Waals surface area contributed by atoms with Crippen molar-refractivity contribution in [1.29, 1.82) is 0 Å². The van der Waals surface area contributed by atoms with Crippen LogP contribution in [-0.2, 0) is 31.9 Å². The average molecular weight is 491 g/mol. The highest BCUT2D eigenvalue weighted by Crippen LogP contribution is 2.27. The third-order valence-corrected chi connectivity index (χ3v) is 8.48. The van der Waals surface area contributed by atoms with Crippen molar-refractivity contribution < 1.29 is 22.7 Å². The number of carbonyl (C=O) groups is 1. The second kappa shape index (κ2) is 10.6. The quantitative estimate of drug-likeness (QED) is 0.351. The number of rotatable bonds is 8. The molecule has 1 aliphatic heterocycles. The third-order valence-electron chi connectivity index (χ3n) is 4.84. The lowest BCUT2D eigenvalue weighted by Crippen LogP contribution is -2.40. The third kappa shape index (κ3) is 5.57. The van der Waals surface area contributed by atoms with Gasteiger partial charge >= 0.3 is 5.97 Å². The highest BCUT2D eigenvalue weighted by atomic mass is 32.2. The van der Waals surface area contributed by atoms with Crippen molar-refractivity contribution >= 4 is 39.1 Å². The molecule has 10 heteroatoms. The summed E-state index contributed by atoms with van der Waals surface area (Å²) in [5.74, 6) is 0.211. The molecule has 2 aromatic carbocycles. The molecule has 0 spiro atoms. The summed E-state index contributed by atoms with van der Waals surface area (Å²) >= 11 is 3.06. The van der Waals surface area contributed by atoms with Gasteiger partial charge in [-0.25, -0.2) is 18.2 Å². The van der Waals surface area contributed by atoms with E-state index < -0.39 is 16.0 Å². The Labute approximate surface area is 195 Å². The van der Waals surface area contributed by atoms with Crippen LogP contribution in [0.5, 0.6) is 0 Å². The molecule has 0 unspecified atom stereocenters. The Bertz CT molecular complexity index is 1160. The molecule has 1 aromatic heterocycles. The maximum atomic E-state index is 12.9. The number of aromatic nitrogens is 1. The summed E-state index contributed by atoms with van der Waals surface area (Å²) in [6.45, 7) is 1.41. The molecule has 1 aliphatic rings. The number of thiazole rings is 1. The smallest absolute Gasteiger partial charge is 0.339 e. The van der Waals surface area contributed by atoms with Crippen LogP contribution >= 0.6 is 23.1 Å². The summed E-state index contributed by atoms with van der Waals surface area (Å²) in [5.41, 5.74) is 3.83. The van der Waals surface area contributed by atoms with Crippen molar-refractivity contribution in [3.8, 4) is 0 Å². The Hall–Kier alpha value is -2.24. The first kappa shape index (κ1) is 22.9. The van der Waals surface area contributed by atoms with Crippen LogP contribution in [0.3, 0.4) is 0 Å². The first-order valence-corrected chi connectivity index (χ1v) is 13.3. The zero-order chi connectivity index (χ0) is 22.4. The van der Waals surface area contributed by atoms with E-state index in [9.17, 15) is 13.2 Å². The van der Waals surface area contributed by atoms with Crippen molar-refractivity contribution in [1.82, 2.24) is 9.29 Å². The van der Waals surface area contributed by atoms with Crippen LogP contribution in [0.25, 0.3) is 0 Å². The van der Waals surface area contributed by atoms with E-state index >= 15 is 0 Å². The van der Waals surface area contributed by atoms with Crippen LogP contribution in [-0.4, -0.2) is 50.0 Å². The number of hydrogen-bond acceptors (Lipinski definition) is 8. The molecule has 1 saturated heterocycles. The van der Waals surface area contributed by atoms with Gasteiger partial charge in [-0.2, -0.15) is 4.31 Å². The standard InChI is InChI=1S/C22H22N2O5S3/c25-22(20-6-1-2-7-21(20)31-15-18-14-30-16-23-18)29-13-17-4-3-5-19(12-17)32(26,27)24-8-10-28-11-9-24/h1-7,12,14,16H,8-11,13,15H2. The predicted octanol–water partition coefficient (Wildman–Crippen LogP) is 3.81. The lowest BCUT2D eigenvalue weighted by molar-refractivity contribution is 0.0468. The molecule has 32 heavy (non-hydrogen) atoms. The number of carbonyl (C=O) groups excluding carboxylic acids is 1. The maximum absolute atomic E-state index is 12.9. The van der Waals surface area contributed by atoms with Crippen LogP contribution in [0.15, 0.2) is 69.2 Å². The van der Waals surface area contributed by atoms with Crippen LogP contribution in [0, 0.1) is 0 Å². The highest BCUT2D eigenvalue weighted by molar-refractivity contribution is 7.98. The molecular weight excluding hydrogens is 468 g/mol. The fourth-order valence-corrected chi connectivity index (χ4v) is 6.27. The average Bonchev–Trinajstić information content (AvgIpc) is 3.36. The fraction of sp³-hybridized carbons (Fsp3) is 0.273. The number of hydrogen-bond donors (Lipinski definition) is 0. The number of thioether (sulfide) groups is 1. The van der Waals surface area contributed by atoms with E-state index in [1.807, 2.05) is 17.5 Å². The number of sulfonamides is 1. The second-order valence-electron chi connectivity index (χ2n) is 7.00. The summed E-state index contributed by atoms with van der Waals surface area (Å²) in [7, 11) is -3.61. The zero-order valence-electron chi connectivity index (χ0n) is 17.2. The monoisotopic (exact) mass is 490 g/mol. The van der Waals surface area contributed by atoms with E-state index in [4.69, 9.17) is 9.47 Å². The van der Waals surface area contributed by atoms with Crippen LogP contribution < -0.4 is 0 Å². The SMILES string of the molecule is O=C(OCc1cccc(S(=O)(=O)N2CCOCC2)c1)c1ccccc1SCc1cscn1. The topological polar surface area (TPSA) is 85.8 Å². The molecule has 2 heterocycles. The van der Waals surface area contributed by atoms with Gasteiger partial charge in [-0.3, -0.25) is 0 Å². The van der Waals surface area contributed by atoms with Gasteiger partial charge in [-0.15, -0.1) is 23.1 Å². The molecule has 7 nitrogen and oxygen atoms in total. The molecular formula is C22H22N2O5S3. The lowest BCUT2D eigenvalue weighted by atomic mass is 10.2. The van der Waals surface area contributed by atoms with Gasteiger partial charge in [0, 0.05) is 29.1 Å². The molecule has 4 rings (SSSR count). The summed E-state index contributed by atoms with van der Waals surface area (Å²) in [6, 6.07) is 13.8. The van der Waals surface area contributed by atoms with E-state index in [-0.39, 0.29) is 11.5 Å². The van der Waals surface area contributed by atoms with Gasteiger partial charge in [0.25, 0.3) is 0 Å². The number of nitrogens with zero attached hydrogens (tertiary/aromatic N) is 2. The number of benzene rings is 2. The first-order chi connectivity index (χ1) is 15.5. The van der Waals surface area contributed by atoms with Crippen molar-refractivity contribution in [3.05, 3.63) is 76.2 Å². The van der Waals surface area contributed by atoms with Gasteiger partial charge < -0.3 is 9.47 Å². The zero-order valence-corrected chi connectivity index (χ0v) is 19.6. The lowest BCUT2D eigenvalue weighted by Gasteiger charge is -2.26. The van der Waals surface area contributed by atoms with Gasteiger partial charge in [0.2, 0.25) is 10.0 Å². The first-order valence-electron chi connectivity index (χ1n) is 9.97. The van der Waals surface area contributed by atoms with Crippen molar-refractivity contribution in [2.45, 2.75) is 22.2 Å². The van der Waals surface area contributed by atoms with Crippen molar-refractivity contribution in [2.24, 2.45) is 0 Å². The summed E-state index contributed by atoms with van der Waals surface area (Å²) in [5, 5.41) is 1.98. The minimum absolute atomic E-state index is 0.0175. The summed E-state index contributed by atoms with van der Waals surface area (Å²) < 4.78 is 37.9. The minimum Gasteiger partial charge on any atom is -0.457 e. The fourth-order valence-electron chi connectivity index (χ4n) is 3.18. The van der Waals surface area contributed by atoms with E-state index in [0.29, 0.717) is 43.2 Å². The van der Waals surface area contributed by atoms with E-state index in [1.165, 1.54) is 27.4 Å². The highest BCUT2D eigenvalue weighted by Gasteiger charge is 2.26. The van der Waals surface area contributed by atoms with Crippen LogP contribution in [0.4, 0.5) is 0 Å². The van der Waals surface area contributed by atoms with Crippen molar-refractivity contribution in [2.75, 3.05) is 26.3 Å². The van der Waals surface area contributed by atoms with Gasteiger partial charge in [-0.1, -0.05) is 24.3 Å². The number of esters is 1. The number of ether oxygens (including phenoxy) is 2. The van der Waals surface area contributed by atoms with Gasteiger partial charge in [0.1, 0.15) is 6.61 Å². The molecule has 0 atom stereocenters. The number of morpholine rings is 1. The molecule has 0 saturated carbocycles. The van der Waals surface area contributed by atoms with Crippen molar-refractivity contribution in [3.63, 3.8) is 0 Å². The maximum Gasteiger partial charge on any atom is 0.339 e. The molecule has 168 valence electrons. The predicted molar refractivity (Wildman–Crippen MR) is 123 cm³/mol. The van der Waals surface area contributed by atoms with E-state index in [1.54, 1.807) is 41.9 Å². The largest absolute Gasteiger partial charge is 0.457 e. The van der Waals surface area contributed by atoms with E-state index in [0.717, 1.165) is 10.6 Å². The molecule has 1 fully saturated rings. The molecule has 0 radical (unpaired) electrons. The molecule has 3 aromatic rings. The van der Waals surface area contributed by atoms with E-state index in [2.05, 4.69) is 4.98 Å². The Kier molecular flexibility index (Phi) is 7.59. The van der Waals surface area contributed by atoms with Crippen LogP contribution in [0.1, 0.15) is 21.6 Å². The summed E-state index contributed by atoms with van der Waals surface area (Å²) in [4.78, 5) is 18.0. The van der Waals surface area contributed by atoms with Crippen LogP contribution in [0.2, 0.25) is 0 Å². The Morgan fingerprint density at radius 2 is 1.97 bits per heavy atom. The van der Waals surface area contributed by atoms with Gasteiger partial charge in [-0.05, 0) is 29.8 Å². The Balaban J connectivity index is 1.42. The minimum atomic E-state index is -3.61. The molecule has 0 N–H and O–H groups in total. The Morgan fingerprint density at radius 1 is 1.16 bits per heavy atom. The molecule has 0 bridgehead atoms. The summed E-state index contributed by atoms with van der Waals surface area (Å²) in [6.07, 6.45) is 0. The Morgan fingerprint density at radius 3 is 2.75 bits per heavy atom. The normalized spacial score (nSPS) is 14.9. The molecule has 0 aliphatic carbocycles. The van der Waals surface area contributed by atoms with Gasteiger partial charge in [0.15, 0.2) is 0 Å². The molecule has 0 amide bonds.